The van der Waals surface area contributed by atoms with Crippen molar-refractivity contribution in [3.05, 3.63) is 41.6 Å². The van der Waals surface area contributed by atoms with Crippen molar-refractivity contribution >= 4 is 11.8 Å². The van der Waals surface area contributed by atoms with Crippen LogP contribution in [-0.4, -0.2) is 44.7 Å². The van der Waals surface area contributed by atoms with Gasteiger partial charge in [0.1, 0.15) is 5.69 Å². The molecule has 0 unspecified atom stereocenters. The van der Waals surface area contributed by atoms with Crippen molar-refractivity contribution in [2.75, 3.05) is 13.1 Å². The number of hydrazine groups is 1. The average Bonchev–Trinajstić information content (AvgIpc) is 3.25. The van der Waals surface area contributed by atoms with Crippen LogP contribution < -0.4 is 0 Å². The Morgan fingerprint density at radius 3 is 2.38 bits per heavy atom. The van der Waals surface area contributed by atoms with Gasteiger partial charge in [-0.2, -0.15) is 5.10 Å². The Labute approximate surface area is 140 Å². The second-order valence-corrected chi connectivity index (χ2v) is 6.98. The summed E-state index contributed by atoms with van der Waals surface area (Å²) in [6.45, 7) is 7.14. The summed E-state index contributed by atoms with van der Waals surface area (Å²) in [5.41, 5.74) is 1.17. The Morgan fingerprint density at radius 1 is 1.17 bits per heavy atom. The standard InChI is InChI=1S/C17H22N4O3/c1-17(2,3)14-11-12(19(4)18-14)15(22)20-8-6-9-21(20)16(23)13-7-5-10-24-13/h5,7,10-11H,6,8-9H2,1-4H3. The fraction of sp³-hybridized carbons (Fsp3) is 0.471. The molecule has 3 heterocycles. The van der Waals surface area contributed by atoms with E-state index in [1.807, 2.05) is 20.8 Å². The van der Waals surface area contributed by atoms with Crippen molar-refractivity contribution in [3.8, 4) is 0 Å². The van der Waals surface area contributed by atoms with Crippen molar-refractivity contribution in [2.45, 2.75) is 32.6 Å². The van der Waals surface area contributed by atoms with E-state index >= 15 is 0 Å². The lowest BCUT2D eigenvalue weighted by molar-refractivity contribution is 0.0160. The number of carbonyl (C=O) groups is 2. The quantitative estimate of drug-likeness (QED) is 0.846. The van der Waals surface area contributed by atoms with Gasteiger partial charge in [0.15, 0.2) is 5.76 Å². The fourth-order valence-corrected chi connectivity index (χ4v) is 2.73. The number of nitrogens with zero attached hydrogens (tertiary/aromatic N) is 4. The van der Waals surface area contributed by atoms with Crippen LogP contribution in [0.2, 0.25) is 0 Å². The zero-order chi connectivity index (χ0) is 17.5. The van der Waals surface area contributed by atoms with Gasteiger partial charge in [0.25, 0.3) is 5.91 Å². The van der Waals surface area contributed by atoms with E-state index in [-0.39, 0.29) is 23.0 Å². The van der Waals surface area contributed by atoms with Crippen LogP contribution in [0.15, 0.2) is 28.9 Å². The van der Waals surface area contributed by atoms with E-state index in [0.717, 1.165) is 12.1 Å². The van der Waals surface area contributed by atoms with Crippen LogP contribution in [0.25, 0.3) is 0 Å². The second kappa shape index (κ2) is 5.81. The number of hydrogen-bond donors (Lipinski definition) is 0. The molecule has 2 aromatic heterocycles. The molecule has 2 amide bonds. The van der Waals surface area contributed by atoms with Gasteiger partial charge in [-0.3, -0.25) is 14.3 Å². The normalized spacial score (nSPS) is 15.2. The van der Waals surface area contributed by atoms with E-state index in [4.69, 9.17) is 4.42 Å². The first-order valence-corrected chi connectivity index (χ1v) is 8.00. The Hall–Kier alpha value is -2.57. The minimum absolute atomic E-state index is 0.148. The van der Waals surface area contributed by atoms with Crippen molar-refractivity contribution < 1.29 is 14.0 Å². The first-order chi connectivity index (χ1) is 11.3. The maximum Gasteiger partial charge on any atom is 0.308 e. The Bertz CT molecular complexity index is 755. The largest absolute Gasteiger partial charge is 0.459 e. The van der Waals surface area contributed by atoms with Crippen LogP contribution in [0, 0.1) is 0 Å². The van der Waals surface area contributed by atoms with Crippen LogP contribution in [0.3, 0.4) is 0 Å². The van der Waals surface area contributed by atoms with Gasteiger partial charge in [0, 0.05) is 25.6 Å². The second-order valence-electron chi connectivity index (χ2n) is 6.98. The van der Waals surface area contributed by atoms with Crippen molar-refractivity contribution in [1.29, 1.82) is 0 Å². The van der Waals surface area contributed by atoms with Crippen molar-refractivity contribution in [2.24, 2.45) is 7.05 Å². The van der Waals surface area contributed by atoms with Gasteiger partial charge in [0.2, 0.25) is 0 Å². The maximum atomic E-state index is 12.9. The zero-order valence-electron chi connectivity index (χ0n) is 14.4. The number of aromatic nitrogens is 2. The predicted octanol–water partition coefficient (Wildman–Crippen LogP) is 2.21. The number of rotatable bonds is 2. The Kier molecular flexibility index (Phi) is 3.95. The lowest BCUT2D eigenvalue weighted by atomic mass is 9.92. The molecule has 0 bridgehead atoms. The first kappa shape index (κ1) is 16.3. The van der Waals surface area contributed by atoms with Crippen LogP contribution in [0.5, 0.6) is 0 Å². The predicted molar refractivity (Wildman–Crippen MR) is 87.3 cm³/mol. The van der Waals surface area contributed by atoms with Gasteiger partial charge >= 0.3 is 5.91 Å². The summed E-state index contributed by atoms with van der Waals surface area (Å²) in [5.74, 6) is -0.294. The summed E-state index contributed by atoms with van der Waals surface area (Å²) in [5, 5.41) is 7.37. The molecule has 0 atom stereocenters. The minimum Gasteiger partial charge on any atom is -0.459 e. The van der Waals surface area contributed by atoms with Gasteiger partial charge in [-0.05, 0) is 24.6 Å². The molecule has 1 aliphatic heterocycles. The molecule has 2 aromatic rings. The van der Waals surface area contributed by atoms with Gasteiger partial charge in [0.05, 0.1) is 12.0 Å². The molecule has 0 radical (unpaired) electrons. The summed E-state index contributed by atoms with van der Waals surface area (Å²) in [6.07, 6.45) is 2.19. The van der Waals surface area contributed by atoms with E-state index in [0.29, 0.717) is 18.8 Å². The molecule has 7 heteroatoms. The highest BCUT2D eigenvalue weighted by Crippen LogP contribution is 2.24. The van der Waals surface area contributed by atoms with Crippen molar-refractivity contribution in [1.82, 2.24) is 19.8 Å². The molecule has 0 N–H and O–H groups in total. The topological polar surface area (TPSA) is 71.6 Å². The molecule has 0 saturated carbocycles. The number of amides is 2. The summed E-state index contributed by atoms with van der Waals surface area (Å²) in [7, 11) is 1.75. The number of furan rings is 1. The summed E-state index contributed by atoms with van der Waals surface area (Å²) < 4.78 is 6.75. The average molecular weight is 330 g/mol. The SMILES string of the molecule is Cn1nc(C(C)(C)C)cc1C(=O)N1CCCN1C(=O)c1ccco1. The van der Waals surface area contributed by atoms with Crippen LogP contribution in [0.1, 0.15) is 53.9 Å². The molecular weight excluding hydrogens is 308 g/mol. The monoisotopic (exact) mass is 330 g/mol. The smallest absolute Gasteiger partial charge is 0.308 e. The zero-order valence-corrected chi connectivity index (χ0v) is 14.4. The third kappa shape index (κ3) is 2.81. The van der Waals surface area contributed by atoms with Gasteiger partial charge < -0.3 is 4.42 Å². The van der Waals surface area contributed by atoms with E-state index in [1.54, 1.807) is 29.9 Å². The van der Waals surface area contributed by atoms with E-state index in [9.17, 15) is 9.59 Å². The third-order valence-corrected chi connectivity index (χ3v) is 4.10. The number of hydrogen-bond acceptors (Lipinski definition) is 4. The lowest BCUT2D eigenvalue weighted by Gasteiger charge is -2.26. The summed E-state index contributed by atoms with van der Waals surface area (Å²) >= 11 is 0. The molecule has 3 rings (SSSR count). The maximum absolute atomic E-state index is 12.9. The van der Waals surface area contributed by atoms with E-state index < -0.39 is 0 Å². The first-order valence-electron chi connectivity index (χ1n) is 8.00. The summed E-state index contributed by atoms with van der Waals surface area (Å²) in [6, 6.07) is 5.06. The van der Waals surface area contributed by atoms with Gasteiger partial charge in [-0.25, -0.2) is 10.0 Å². The van der Waals surface area contributed by atoms with Crippen molar-refractivity contribution in [3.63, 3.8) is 0 Å². The number of carbonyl (C=O) groups excluding carboxylic acids is 2. The van der Waals surface area contributed by atoms with Gasteiger partial charge in [-0.1, -0.05) is 20.8 Å². The Morgan fingerprint density at radius 2 is 1.83 bits per heavy atom. The highest BCUT2D eigenvalue weighted by atomic mass is 16.3. The minimum atomic E-state index is -0.302. The Balaban J connectivity index is 1.86. The highest BCUT2D eigenvalue weighted by molar-refractivity contribution is 5.97. The van der Waals surface area contributed by atoms with Gasteiger partial charge in [-0.15, -0.1) is 0 Å². The molecule has 1 saturated heterocycles. The summed E-state index contributed by atoms with van der Waals surface area (Å²) in [4.78, 5) is 25.5. The molecule has 24 heavy (non-hydrogen) atoms. The van der Waals surface area contributed by atoms with Crippen LogP contribution in [-0.2, 0) is 12.5 Å². The van der Waals surface area contributed by atoms with Crippen LogP contribution in [0.4, 0.5) is 0 Å². The van der Waals surface area contributed by atoms with Crippen LogP contribution >= 0.6 is 0 Å². The molecular formula is C17H22N4O3. The molecule has 0 spiro atoms. The molecule has 1 aliphatic rings. The van der Waals surface area contributed by atoms with E-state index in [1.165, 1.54) is 16.3 Å². The third-order valence-electron chi connectivity index (χ3n) is 4.10. The molecule has 1 fully saturated rings. The molecule has 0 aromatic carbocycles. The highest BCUT2D eigenvalue weighted by Gasteiger charge is 2.35. The lowest BCUT2D eigenvalue weighted by Crippen LogP contribution is -2.45. The number of aryl methyl sites for hydroxylation is 1. The van der Waals surface area contributed by atoms with E-state index in [2.05, 4.69) is 5.10 Å². The molecule has 0 aliphatic carbocycles. The molecule has 7 nitrogen and oxygen atoms in total. The fourth-order valence-electron chi connectivity index (χ4n) is 2.73. The molecule has 128 valence electrons.